The van der Waals surface area contributed by atoms with Crippen molar-refractivity contribution in [3.63, 3.8) is 0 Å². The smallest absolute Gasteiger partial charge is 0.126 e. The number of nitrogens with zero attached hydrogens (tertiary/aromatic N) is 2. The van der Waals surface area contributed by atoms with Gasteiger partial charge in [-0.1, -0.05) is 164 Å². The third-order valence-corrected chi connectivity index (χ3v) is 11.6. The fourth-order valence-corrected chi connectivity index (χ4v) is 8.14. The second-order valence-electron chi connectivity index (χ2n) is 16.5. The molecule has 4 aromatic rings. The van der Waals surface area contributed by atoms with Crippen molar-refractivity contribution in [2.45, 2.75) is 160 Å². The predicted molar refractivity (Wildman–Crippen MR) is 290 cm³/mol. The molecule has 0 aromatic heterocycles. The summed E-state index contributed by atoms with van der Waals surface area (Å²) in [4.78, 5) is 5.28. The van der Waals surface area contributed by atoms with Crippen molar-refractivity contribution in [3.8, 4) is 0 Å². The van der Waals surface area contributed by atoms with Crippen LogP contribution >= 0.6 is 0 Å². The lowest BCUT2D eigenvalue weighted by molar-refractivity contribution is 0.206. The molecule has 1 saturated heterocycles. The second kappa shape index (κ2) is 38.8. The fraction of sp³-hybridized carbons (Fsp3) is 0.500. The van der Waals surface area contributed by atoms with Gasteiger partial charge in [-0.3, -0.25) is 4.90 Å². The van der Waals surface area contributed by atoms with Crippen LogP contribution in [0, 0.1) is 39.4 Å². The van der Waals surface area contributed by atoms with E-state index in [-0.39, 0.29) is 5.82 Å². The lowest BCUT2D eigenvalue weighted by Crippen LogP contribution is -2.47. The van der Waals surface area contributed by atoms with Gasteiger partial charge in [-0.05, 0) is 138 Å². The number of allylic oxidation sites excluding steroid dienone is 1. The van der Waals surface area contributed by atoms with Crippen LogP contribution in [0.2, 0.25) is 0 Å². The first kappa shape index (κ1) is 60.6. The Morgan fingerprint density at radius 1 is 0.677 bits per heavy atom. The number of anilines is 1. The van der Waals surface area contributed by atoms with E-state index in [9.17, 15) is 4.39 Å². The van der Waals surface area contributed by atoms with Crippen LogP contribution in [0.1, 0.15) is 146 Å². The summed E-state index contributed by atoms with van der Waals surface area (Å²) in [6, 6.07) is 31.5. The van der Waals surface area contributed by atoms with Gasteiger partial charge in [-0.25, -0.2) is 4.39 Å². The maximum atomic E-state index is 12.5. The molecular weight excluding hydrogens is 796 g/mol. The van der Waals surface area contributed by atoms with Crippen molar-refractivity contribution in [1.82, 2.24) is 15.5 Å². The average molecular weight is 891 g/mol. The van der Waals surface area contributed by atoms with Crippen molar-refractivity contribution in [2.75, 3.05) is 37.6 Å². The Morgan fingerprint density at radius 3 is 1.69 bits per heavy atom. The van der Waals surface area contributed by atoms with E-state index in [0.29, 0.717) is 6.04 Å². The molecular formula is C60H95FN4. The number of nitrogens with one attached hydrogen (secondary N) is 2. The number of aryl methyl sites for hydroxylation is 6. The molecule has 0 saturated carbocycles. The fourth-order valence-electron chi connectivity index (χ4n) is 8.14. The molecule has 1 aliphatic heterocycles. The third-order valence-electron chi connectivity index (χ3n) is 11.6. The first-order valence-electron chi connectivity index (χ1n) is 25.3. The Kier molecular flexibility index (Phi) is 36.1. The van der Waals surface area contributed by atoms with Crippen LogP contribution in [0.3, 0.4) is 0 Å². The zero-order chi connectivity index (χ0) is 48.8. The number of piperazine rings is 1. The molecule has 1 fully saturated rings. The van der Waals surface area contributed by atoms with Crippen molar-refractivity contribution < 1.29 is 4.39 Å². The third kappa shape index (κ3) is 25.2. The van der Waals surface area contributed by atoms with E-state index < -0.39 is 0 Å². The molecule has 5 heteroatoms. The number of fused-ring (bicyclic) bond motifs is 1. The highest BCUT2D eigenvalue weighted by molar-refractivity contribution is 5.51. The highest BCUT2D eigenvalue weighted by Gasteiger charge is 2.21. The van der Waals surface area contributed by atoms with E-state index in [2.05, 4.69) is 142 Å². The monoisotopic (exact) mass is 891 g/mol. The van der Waals surface area contributed by atoms with E-state index in [1.165, 1.54) is 105 Å². The first-order chi connectivity index (χ1) is 31.6. The van der Waals surface area contributed by atoms with Crippen molar-refractivity contribution in [2.24, 2.45) is 5.92 Å². The number of hydrogen-bond acceptors (Lipinski definition) is 4. The van der Waals surface area contributed by atoms with Crippen molar-refractivity contribution >= 4 is 5.69 Å². The zero-order valence-corrected chi connectivity index (χ0v) is 43.7. The molecule has 6 rings (SSSR count). The number of halogens is 1. The Bertz CT molecular complexity index is 1760. The summed E-state index contributed by atoms with van der Waals surface area (Å²) in [5.74, 6) is 0.748. The van der Waals surface area contributed by atoms with Gasteiger partial charge in [0.1, 0.15) is 5.82 Å². The molecule has 362 valence electrons. The van der Waals surface area contributed by atoms with Crippen LogP contribution in [0.15, 0.2) is 129 Å². The first-order valence-corrected chi connectivity index (χ1v) is 25.3. The Morgan fingerprint density at radius 2 is 1.23 bits per heavy atom. The number of hydrogen-bond donors (Lipinski definition) is 2. The molecule has 1 unspecified atom stereocenters. The van der Waals surface area contributed by atoms with Crippen molar-refractivity contribution in [1.29, 1.82) is 0 Å². The van der Waals surface area contributed by atoms with E-state index in [1.54, 1.807) is 30.3 Å². The maximum Gasteiger partial charge on any atom is 0.126 e. The normalized spacial score (nSPS) is 13.3. The Hall–Kier alpha value is -4.45. The summed E-state index contributed by atoms with van der Waals surface area (Å²) in [7, 11) is 0. The van der Waals surface area contributed by atoms with Crippen LogP contribution in [0.5, 0.6) is 0 Å². The highest BCUT2D eigenvalue weighted by Crippen LogP contribution is 2.23. The van der Waals surface area contributed by atoms with E-state index in [4.69, 9.17) is 0 Å². The summed E-state index contributed by atoms with van der Waals surface area (Å²) in [5, 5.41) is 7.10. The number of rotatable bonds is 15. The summed E-state index contributed by atoms with van der Waals surface area (Å²) in [6.45, 7) is 41.6. The van der Waals surface area contributed by atoms with Gasteiger partial charge in [0.2, 0.25) is 0 Å². The summed E-state index contributed by atoms with van der Waals surface area (Å²) in [5.41, 5.74) is 11.6. The minimum Gasteiger partial charge on any atom is -0.369 e. The summed E-state index contributed by atoms with van der Waals surface area (Å²) in [6.07, 6.45) is 16.9. The molecule has 4 nitrogen and oxygen atoms in total. The predicted octanol–water partition coefficient (Wildman–Crippen LogP) is 16.1. The van der Waals surface area contributed by atoms with Gasteiger partial charge in [0, 0.05) is 56.7 Å². The van der Waals surface area contributed by atoms with E-state index in [0.717, 1.165) is 49.5 Å². The number of benzene rings is 4. The molecule has 2 aliphatic rings. The largest absolute Gasteiger partial charge is 0.369 e. The van der Waals surface area contributed by atoms with Gasteiger partial charge >= 0.3 is 0 Å². The van der Waals surface area contributed by atoms with Crippen LogP contribution in [-0.2, 0) is 19.4 Å². The maximum absolute atomic E-state index is 12.5. The Balaban J connectivity index is 0.00000102. The summed E-state index contributed by atoms with van der Waals surface area (Å²) >= 11 is 0. The molecule has 0 amide bonds. The molecule has 1 heterocycles. The highest BCUT2D eigenvalue weighted by atomic mass is 19.1. The minimum atomic E-state index is -0.124. The van der Waals surface area contributed by atoms with Gasteiger partial charge in [0.15, 0.2) is 0 Å². The molecule has 0 spiro atoms. The molecule has 1 aliphatic carbocycles. The minimum absolute atomic E-state index is 0.124. The van der Waals surface area contributed by atoms with Gasteiger partial charge < -0.3 is 15.5 Å². The van der Waals surface area contributed by atoms with E-state index >= 15 is 0 Å². The van der Waals surface area contributed by atoms with Crippen LogP contribution < -0.4 is 15.5 Å². The van der Waals surface area contributed by atoms with Crippen LogP contribution in [0.25, 0.3) is 0 Å². The molecule has 65 heavy (non-hydrogen) atoms. The van der Waals surface area contributed by atoms with Crippen LogP contribution in [0.4, 0.5) is 10.1 Å². The van der Waals surface area contributed by atoms with Gasteiger partial charge in [-0.2, -0.15) is 0 Å². The van der Waals surface area contributed by atoms with Crippen molar-refractivity contribution in [3.05, 3.63) is 173 Å². The molecule has 0 bridgehead atoms. The second-order valence-corrected chi connectivity index (χ2v) is 16.5. The molecule has 1 atom stereocenters. The van der Waals surface area contributed by atoms with Gasteiger partial charge in [-0.15, -0.1) is 13.2 Å². The quantitative estimate of drug-likeness (QED) is 0.116. The topological polar surface area (TPSA) is 30.5 Å². The molecule has 2 N–H and O–H groups in total. The molecule has 4 aromatic carbocycles. The van der Waals surface area contributed by atoms with Crippen LogP contribution in [-0.4, -0.2) is 43.7 Å². The lowest BCUT2D eigenvalue weighted by atomic mass is 9.92. The van der Waals surface area contributed by atoms with E-state index in [1.807, 2.05) is 58.9 Å². The average Bonchev–Trinajstić information content (AvgIpc) is 3.34. The Labute approximate surface area is 400 Å². The molecule has 0 radical (unpaired) electrons. The SMILES string of the molecule is C=C.C=CN/C(=C/C)C(CCC)NCc1cc(N2CCN(CC(CCC)CCC)CC2)ccc1C.CC.CC.Cc1ccc(F)c(C)c1.Cc1ccccc1.c1ccc2c(c1)CCCC2. The van der Waals surface area contributed by atoms with Gasteiger partial charge in [0.05, 0.1) is 0 Å². The summed E-state index contributed by atoms with van der Waals surface area (Å²) < 4.78 is 12.5. The van der Waals surface area contributed by atoms with Gasteiger partial charge in [0.25, 0.3) is 0 Å². The zero-order valence-electron chi connectivity index (χ0n) is 43.7. The standard InChI is InChI=1S/C29H50N4.C10H12.C8H9F.C7H8.2C2H6.C2H4/c1-7-12-25(13-8-2)23-32-17-19-33(20-18-32)27-16-15-24(6)26(21-27)22-31-29(14-9-3)28(10-4)30-11-5;1-2-6-10-8-4-3-7-9(10)5-1;1-6-3-4-8(9)7(2)5-6;1-7-5-3-2-4-6-7;3*1-2/h10-11,15-16,21,25,29-31H,5,7-9,12-14,17-20,22-23H2,1-4,6H3;1-2,5-6H,3-4,7-8H2;3-5H,1-2H3;2-6H,1H3;2*1-2H3;1-2H2/b28-10+;;;;;;. The lowest BCUT2D eigenvalue weighted by Gasteiger charge is -2.38.